The molecule has 0 amide bonds. The van der Waals surface area contributed by atoms with Crippen LogP contribution in [-0.4, -0.2) is 141 Å². The molecule has 3 rings (SSSR count). The van der Waals surface area contributed by atoms with Crippen molar-refractivity contribution >= 4 is 0 Å². The first-order valence-corrected chi connectivity index (χ1v) is 10.8. The van der Waals surface area contributed by atoms with Gasteiger partial charge >= 0.3 is 0 Å². The molecule has 194 valence electrons. The zero-order valence-corrected chi connectivity index (χ0v) is 17.9. The number of hydrogen-bond acceptors (Lipinski definition) is 15. The van der Waals surface area contributed by atoms with Gasteiger partial charge in [-0.1, -0.05) is 0 Å². The molecule has 0 aromatic rings. The summed E-state index contributed by atoms with van der Waals surface area (Å²) in [6, 6.07) is -2.86. The van der Waals surface area contributed by atoms with Crippen LogP contribution in [0.3, 0.4) is 0 Å². The maximum Gasteiger partial charge on any atom is 0.187 e. The van der Waals surface area contributed by atoms with E-state index in [0.29, 0.717) is 0 Å². The van der Waals surface area contributed by atoms with Crippen molar-refractivity contribution in [1.29, 1.82) is 0 Å². The second-order valence-electron chi connectivity index (χ2n) is 8.79. The highest BCUT2D eigenvalue weighted by molar-refractivity contribution is 5.01. The lowest BCUT2D eigenvalue weighted by Crippen LogP contribution is -2.68. The van der Waals surface area contributed by atoms with Crippen LogP contribution in [0.4, 0.5) is 0 Å². The van der Waals surface area contributed by atoms with E-state index in [9.17, 15) is 35.7 Å². The fraction of sp³-hybridized carbons (Fsp3) is 1.00. The Morgan fingerprint density at radius 2 is 1.18 bits per heavy atom. The Balaban J connectivity index is 1.72. The number of aliphatic hydroxyl groups excluding tert-OH is 7. The van der Waals surface area contributed by atoms with Gasteiger partial charge in [0, 0.05) is 18.6 Å². The lowest BCUT2D eigenvalue weighted by molar-refractivity contribution is -0.332. The van der Waals surface area contributed by atoms with Crippen LogP contribution in [0.15, 0.2) is 0 Å². The normalized spacial score (nSPS) is 53.7. The molecule has 0 spiro atoms. The molecule has 15 heteroatoms. The van der Waals surface area contributed by atoms with Crippen LogP contribution in [0, 0.1) is 0 Å². The number of nitrogens with two attached hydrogens (primary N) is 4. The van der Waals surface area contributed by atoms with Crippen molar-refractivity contribution < 1.29 is 54.7 Å². The van der Waals surface area contributed by atoms with E-state index in [2.05, 4.69) is 0 Å². The van der Waals surface area contributed by atoms with Gasteiger partial charge in [0.05, 0.1) is 12.6 Å². The van der Waals surface area contributed by atoms with Crippen LogP contribution in [0.1, 0.15) is 6.42 Å². The summed E-state index contributed by atoms with van der Waals surface area (Å²) >= 11 is 0. The summed E-state index contributed by atoms with van der Waals surface area (Å²) in [5, 5.41) is 70.9. The molecule has 3 aliphatic rings. The highest BCUT2D eigenvalue weighted by Crippen LogP contribution is 2.31. The van der Waals surface area contributed by atoms with Crippen molar-refractivity contribution in [3.63, 3.8) is 0 Å². The van der Waals surface area contributed by atoms with Gasteiger partial charge in [0.15, 0.2) is 12.6 Å². The summed E-state index contributed by atoms with van der Waals surface area (Å²) in [5.41, 5.74) is 23.5. The van der Waals surface area contributed by atoms with Gasteiger partial charge in [-0.2, -0.15) is 0 Å². The molecule has 1 saturated carbocycles. The van der Waals surface area contributed by atoms with E-state index in [0.717, 1.165) is 0 Å². The first kappa shape index (κ1) is 27.0. The summed E-state index contributed by atoms with van der Waals surface area (Å²) in [5.74, 6) is 0. The minimum absolute atomic E-state index is 0.0849. The van der Waals surface area contributed by atoms with Gasteiger partial charge < -0.3 is 77.6 Å². The van der Waals surface area contributed by atoms with E-state index in [4.69, 9.17) is 41.9 Å². The Hall–Kier alpha value is -0.600. The lowest BCUT2D eigenvalue weighted by atomic mass is 9.84. The molecule has 0 aromatic carbocycles. The Labute approximate surface area is 189 Å². The Kier molecular flexibility index (Phi) is 8.99. The maximum atomic E-state index is 10.9. The zero-order valence-electron chi connectivity index (χ0n) is 17.9. The minimum atomic E-state index is -1.66. The van der Waals surface area contributed by atoms with Crippen molar-refractivity contribution in [2.75, 3.05) is 13.2 Å². The average Bonchev–Trinajstić information content (AvgIpc) is 2.79. The summed E-state index contributed by atoms with van der Waals surface area (Å²) in [6.07, 6.45) is -16.5. The van der Waals surface area contributed by atoms with E-state index in [1.165, 1.54) is 0 Å². The highest BCUT2D eigenvalue weighted by Gasteiger charge is 2.51. The van der Waals surface area contributed by atoms with E-state index >= 15 is 0 Å². The molecule has 0 radical (unpaired) electrons. The van der Waals surface area contributed by atoms with E-state index < -0.39 is 98.4 Å². The monoisotopic (exact) mass is 484 g/mol. The van der Waals surface area contributed by atoms with Gasteiger partial charge in [-0.3, -0.25) is 0 Å². The molecule has 15 N–H and O–H groups in total. The van der Waals surface area contributed by atoms with Gasteiger partial charge in [-0.15, -0.1) is 0 Å². The lowest BCUT2D eigenvalue weighted by Gasteiger charge is -2.48. The largest absolute Gasteiger partial charge is 0.394 e. The van der Waals surface area contributed by atoms with Crippen molar-refractivity contribution in [2.24, 2.45) is 22.9 Å². The number of ether oxygens (including phenoxy) is 4. The SMILES string of the molecule is NC[C@@H]1O[C@@H](O[C@H]2[C@H](O)[C@H](O[C@@H]3O[C@H](CO)[C@H](O)[C@H](N)[C@H]3O)[C@@H](N)C[C@H]2N)[C@H](O)[C@@H](O)[C@H]1O. The molecule has 3 fully saturated rings. The first-order chi connectivity index (χ1) is 15.5. The first-order valence-electron chi connectivity index (χ1n) is 10.8. The van der Waals surface area contributed by atoms with Crippen LogP contribution >= 0.6 is 0 Å². The third-order valence-electron chi connectivity index (χ3n) is 6.48. The third-order valence-corrected chi connectivity index (χ3v) is 6.48. The van der Waals surface area contributed by atoms with Gasteiger partial charge in [0.1, 0.15) is 61.0 Å². The second kappa shape index (κ2) is 11.0. The van der Waals surface area contributed by atoms with E-state index in [-0.39, 0.29) is 13.0 Å². The fourth-order valence-corrected chi connectivity index (χ4v) is 4.40. The van der Waals surface area contributed by atoms with Crippen LogP contribution in [0.5, 0.6) is 0 Å². The molecule has 33 heavy (non-hydrogen) atoms. The number of aliphatic hydroxyl groups is 7. The average molecular weight is 485 g/mol. The van der Waals surface area contributed by atoms with Crippen LogP contribution in [0.2, 0.25) is 0 Å². The van der Waals surface area contributed by atoms with Gasteiger partial charge in [0.25, 0.3) is 0 Å². The third kappa shape index (κ3) is 5.32. The zero-order chi connectivity index (χ0) is 24.6. The predicted octanol–water partition coefficient (Wildman–Crippen LogP) is -7.29. The van der Waals surface area contributed by atoms with Crippen molar-refractivity contribution in [1.82, 2.24) is 0 Å². The quantitative estimate of drug-likeness (QED) is 0.167. The molecule has 15 atom stereocenters. The molecule has 15 nitrogen and oxygen atoms in total. The fourth-order valence-electron chi connectivity index (χ4n) is 4.40. The van der Waals surface area contributed by atoms with Crippen LogP contribution in [-0.2, 0) is 18.9 Å². The molecule has 0 bridgehead atoms. The summed E-state index contributed by atoms with van der Waals surface area (Å²) < 4.78 is 22.2. The molecule has 0 aromatic heterocycles. The smallest absolute Gasteiger partial charge is 0.187 e. The highest BCUT2D eigenvalue weighted by atomic mass is 16.7. The topological polar surface area (TPSA) is 283 Å². The number of hydrogen-bond donors (Lipinski definition) is 11. The minimum Gasteiger partial charge on any atom is -0.394 e. The van der Waals surface area contributed by atoms with E-state index in [1.807, 2.05) is 0 Å². The standard InChI is InChI=1S/C18H36N4O11/c19-2-6-10(25)12(27)13(28)18(30-6)33-16-5(21)1-4(20)15(14(16)29)32-17-11(26)8(22)9(24)7(3-23)31-17/h4-18,23-29H,1-3,19-22H2/t4-,5+,6-,7+,8-,9-,10-,11+,12-,13+,14+,15+,16+,17-,18-/m0/s1. The Morgan fingerprint density at radius 1 is 0.667 bits per heavy atom. The second-order valence-corrected chi connectivity index (χ2v) is 8.79. The van der Waals surface area contributed by atoms with Gasteiger partial charge in [-0.25, -0.2) is 0 Å². The molecule has 0 unspecified atom stereocenters. The molecule has 2 aliphatic heterocycles. The molecule has 2 heterocycles. The number of rotatable bonds is 6. The molecule has 2 saturated heterocycles. The van der Waals surface area contributed by atoms with Crippen molar-refractivity contribution in [3.05, 3.63) is 0 Å². The van der Waals surface area contributed by atoms with Gasteiger partial charge in [-0.05, 0) is 6.42 Å². The van der Waals surface area contributed by atoms with E-state index in [1.54, 1.807) is 0 Å². The van der Waals surface area contributed by atoms with Crippen molar-refractivity contribution in [2.45, 2.75) is 98.2 Å². The van der Waals surface area contributed by atoms with Gasteiger partial charge in [0.2, 0.25) is 0 Å². The Bertz CT molecular complexity index is 584. The summed E-state index contributed by atoms with van der Waals surface area (Å²) in [6.45, 7) is -0.763. The molecular formula is C18H36N4O11. The van der Waals surface area contributed by atoms with Crippen LogP contribution in [0.25, 0.3) is 0 Å². The summed E-state index contributed by atoms with van der Waals surface area (Å²) in [4.78, 5) is 0. The molecule has 1 aliphatic carbocycles. The van der Waals surface area contributed by atoms with Crippen molar-refractivity contribution in [3.8, 4) is 0 Å². The predicted molar refractivity (Wildman–Crippen MR) is 108 cm³/mol. The van der Waals surface area contributed by atoms with Crippen LogP contribution < -0.4 is 22.9 Å². The maximum absolute atomic E-state index is 10.9. The molecular weight excluding hydrogens is 448 g/mol. The summed E-state index contributed by atoms with van der Waals surface area (Å²) in [7, 11) is 0. The Morgan fingerprint density at radius 3 is 1.70 bits per heavy atom.